The Morgan fingerprint density at radius 3 is 2.49 bits per heavy atom. The third-order valence-electron chi connectivity index (χ3n) is 6.24. The van der Waals surface area contributed by atoms with Crippen LogP contribution in [0.1, 0.15) is 35.3 Å². The van der Waals surface area contributed by atoms with E-state index in [1.807, 2.05) is 0 Å². The van der Waals surface area contributed by atoms with E-state index in [0.717, 1.165) is 16.7 Å². The maximum Gasteiger partial charge on any atom is 0.417 e. The number of nitrogens with zero attached hydrogens (tertiary/aromatic N) is 4. The van der Waals surface area contributed by atoms with Crippen LogP contribution in [-0.2, 0) is 6.18 Å². The van der Waals surface area contributed by atoms with Gasteiger partial charge in [0.05, 0.1) is 42.1 Å². The smallest absolute Gasteiger partial charge is 0.417 e. The quantitative estimate of drug-likeness (QED) is 0.604. The molecule has 1 saturated heterocycles. The van der Waals surface area contributed by atoms with E-state index in [2.05, 4.69) is 0 Å². The Kier molecular flexibility index (Phi) is 5.01. The number of halogens is 3. The number of amides is 1. The molecule has 12 heteroatoms. The summed E-state index contributed by atoms with van der Waals surface area (Å²) >= 11 is 0. The van der Waals surface area contributed by atoms with Crippen molar-refractivity contribution in [2.45, 2.75) is 24.7 Å². The first-order valence-electron chi connectivity index (χ1n) is 10.4. The molecule has 1 aromatic heterocycles. The van der Waals surface area contributed by atoms with Gasteiger partial charge in [0.25, 0.3) is 0 Å². The molecule has 0 aliphatic carbocycles. The van der Waals surface area contributed by atoms with Crippen molar-refractivity contribution in [2.24, 2.45) is 0 Å². The van der Waals surface area contributed by atoms with Crippen molar-refractivity contribution < 1.29 is 32.5 Å². The summed E-state index contributed by atoms with van der Waals surface area (Å²) in [6.45, 7) is 0.136. The molecule has 0 spiro atoms. The number of benzene rings is 2. The molecule has 1 amide bonds. The third-order valence-corrected chi connectivity index (χ3v) is 6.24. The molecule has 5 rings (SSSR count). The molecule has 35 heavy (non-hydrogen) atoms. The lowest BCUT2D eigenvalue weighted by molar-refractivity contribution is -0.137. The van der Waals surface area contributed by atoms with Crippen molar-refractivity contribution in [1.29, 1.82) is 5.26 Å². The average molecular weight is 486 g/mol. The van der Waals surface area contributed by atoms with Crippen molar-refractivity contribution in [3.8, 4) is 29.1 Å². The number of carbonyl (C=O) groups is 1. The Hall–Kier alpha value is -4.40. The molecule has 2 bridgehead atoms. The second kappa shape index (κ2) is 7.83. The zero-order chi connectivity index (χ0) is 25.1. The maximum absolute atomic E-state index is 13.4. The fraction of sp³-hybridized carbons (Fsp3) is 0.261. The van der Waals surface area contributed by atoms with Crippen LogP contribution in [0.5, 0.6) is 17.4 Å². The van der Waals surface area contributed by atoms with Gasteiger partial charge in [0.2, 0.25) is 5.88 Å². The molecule has 3 aromatic rings. The van der Waals surface area contributed by atoms with Gasteiger partial charge in [0.15, 0.2) is 0 Å². The van der Waals surface area contributed by atoms with Gasteiger partial charge in [-0.15, -0.1) is 0 Å². The minimum Gasteiger partial charge on any atom is -0.497 e. The van der Waals surface area contributed by atoms with Gasteiger partial charge in [0.1, 0.15) is 17.2 Å². The van der Waals surface area contributed by atoms with Gasteiger partial charge >= 0.3 is 18.0 Å². The fourth-order valence-electron chi connectivity index (χ4n) is 4.69. The summed E-state index contributed by atoms with van der Waals surface area (Å²) in [5.74, 6) is 0.286. The number of aromatic nitrogens is 2. The molecule has 1 fully saturated rings. The van der Waals surface area contributed by atoms with Gasteiger partial charge in [-0.1, -0.05) is 0 Å². The Morgan fingerprint density at radius 1 is 1.17 bits per heavy atom. The summed E-state index contributed by atoms with van der Waals surface area (Å²) in [7, 11) is 1.50. The van der Waals surface area contributed by atoms with E-state index in [1.165, 1.54) is 22.6 Å². The monoisotopic (exact) mass is 486 g/mol. The highest BCUT2D eigenvalue weighted by Gasteiger charge is 2.50. The van der Waals surface area contributed by atoms with E-state index in [1.54, 1.807) is 24.3 Å². The number of carbonyl (C=O) groups excluding carboxylic acids is 1. The van der Waals surface area contributed by atoms with Gasteiger partial charge in [-0.2, -0.15) is 18.4 Å². The number of fused-ring (bicyclic) bond motifs is 5. The van der Waals surface area contributed by atoms with E-state index < -0.39 is 47.0 Å². The summed E-state index contributed by atoms with van der Waals surface area (Å²) in [5, 5.41) is 19.9. The van der Waals surface area contributed by atoms with Gasteiger partial charge in [0, 0.05) is 6.54 Å². The first-order chi connectivity index (χ1) is 16.6. The summed E-state index contributed by atoms with van der Waals surface area (Å²) < 4.78 is 52.8. The standard InChI is InChI=1S/C23H17F3N4O5/c1-34-15-4-6-16(7-5-15)35-22(33)28-11-14-9-18(28)19-20(31)30(21(32)29(14)19)13-3-2-12(10-27)17(8-13)23(24,25)26/h2-8,14,18,31H,9,11H2,1H3/t14-,18?/m1/s1. The predicted molar refractivity (Wildman–Crippen MR) is 114 cm³/mol. The van der Waals surface area contributed by atoms with Crippen LogP contribution in [-0.4, -0.2) is 38.9 Å². The van der Waals surface area contributed by atoms with Gasteiger partial charge in [-0.3, -0.25) is 9.47 Å². The van der Waals surface area contributed by atoms with Crippen molar-refractivity contribution in [2.75, 3.05) is 13.7 Å². The van der Waals surface area contributed by atoms with Crippen molar-refractivity contribution in [1.82, 2.24) is 14.0 Å². The van der Waals surface area contributed by atoms with Crippen LogP contribution in [0, 0.1) is 11.3 Å². The van der Waals surface area contributed by atoms with E-state index in [9.17, 15) is 27.9 Å². The summed E-state index contributed by atoms with van der Waals surface area (Å²) in [4.78, 5) is 27.3. The molecule has 2 aromatic carbocycles. The van der Waals surface area contributed by atoms with Crippen LogP contribution in [0.3, 0.4) is 0 Å². The number of rotatable bonds is 3. The van der Waals surface area contributed by atoms with E-state index >= 15 is 0 Å². The van der Waals surface area contributed by atoms with Gasteiger partial charge in [-0.05, 0) is 48.9 Å². The minimum atomic E-state index is -4.83. The van der Waals surface area contributed by atoms with Crippen molar-refractivity contribution in [3.05, 3.63) is 69.8 Å². The summed E-state index contributed by atoms with van der Waals surface area (Å²) in [6.07, 6.45) is -5.16. The number of likely N-dealkylation sites (tertiary alicyclic amines) is 1. The highest BCUT2D eigenvalue weighted by Crippen LogP contribution is 2.49. The van der Waals surface area contributed by atoms with Crippen LogP contribution < -0.4 is 15.2 Å². The molecule has 0 saturated carbocycles. The first-order valence-corrected chi connectivity index (χ1v) is 10.4. The summed E-state index contributed by atoms with van der Waals surface area (Å²) in [5.41, 5.74) is -2.68. The lowest BCUT2D eigenvalue weighted by Crippen LogP contribution is -2.39. The first kappa shape index (κ1) is 22.4. The van der Waals surface area contributed by atoms with Crippen LogP contribution in [0.25, 0.3) is 5.69 Å². The molecule has 180 valence electrons. The number of aromatic hydroxyl groups is 1. The van der Waals surface area contributed by atoms with E-state index in [-0.39, 0.29) is 23.7 Å². The van der Waals surface area contributed by atoms with Crippen molar-refractivity contribution in [3.63, 3.8) is 0 Å². The molecule has 3 heterocycles. The molecule has 2 atom stereocenters. The second-order valence-corrected chi connectivity index (χ2v) is 8.14. The highest BCUT2D eigenvalue weighted by molar-refractivity contribution is 5.72. The molecule has 2 aliphatic heterocycles. The Bertz CT molecular complexity index is 1440. The number of hydrogen-bond donors (Lipinski definition) is 1. The zero-order valence-electron chi connectivity index (χ0n) is 18.1. The van der Waals surface area contributed by atoms with Crippen LogP contribution in [0.15, 0.2) is 47.3 Å². The second-order valence-electron chi connectivity index (χ2n) is 8.14. The predicted octanol–water partition coefficient (Wildman–Crippen LogP) is 3.74. The number of imidazole rings is 1. The SMILES string of the molecule is COc1ccc(OC(=O)N2C[C@H]3CC2c2c(O)n(-c4ccc(C#N)c(C(F)(F)F)c4)c(=O)n23)cc1. The number of alkyl halides is 3. The maximum atomic E-state index is 13.4. The topological polar surface area (TPSA) is 110 Å². The van der Waals surface area contributed by atoms with E-state index in [4.69, 9.17) is 14.7 Å². The molecular formula is C23H17F3N4O5. The van der Waals surface area contributed by atoms with Gasteiger partial charge < -0.3 is 14.6 Å². The normalized spacial score (nSPS) is 18.3. The van der Waals surface area contributed by atoms with Crippen LogP contribution in [0.2, 0.25) is 0 Å². The van der Waals surface area contributed by atoms with E-state index in [0.29, 0.717) is 18.2 Å². The largest absolute Gasteiger partial charge is 0.497 e. The Balaban J connectivity index is 1.48. The fourth-order valence-corrected chi connectivity index (χ4v) is 4.69. The minimum absolute atomic E-state index is 0.121. The van der Waals surface area contributed by atoms with Gasteiger partial charge in [-0.25, -0.2) is 14.2 Å². The number of hydrogen-bond acceptors (Lipinski definition) is 6. The number of nitriles is 1. The molecule has 9 nitrogen and oxygen atoms in total. The number of methoxy groups -OCH3 is 1. The number of ether oxygens (including phenoxy) is 2. The zero-order valence-corrected chi connectivity index (χ0v) is 18.1. The van der Waals surface area contributed by atoms with Crippen LogP contribution >= 0.6 is 0 Å². The Morgan fingerprint density at radius 2 is 1.86 bits per heavy atom. The molecule has 1 N–H and O–H groups in total. The summed E-state index contributed by atoms with van der Waals surface area (Å²) in [6, 6.07) is 9.40. The highest BCUT2D eigenvalue weighted by atomic mass is 19.4. The lowest BCUT2D eigenvalue weighted by Gasteiger charge is -2.26. The van der Waals surface area contributed by atoms with Crippen LogP contribution in [0.4, 0.5) is 18.0 Å². The molecule has 1 unspecified atom stereocenters. The molecule has 0 radical (unpaired) electrons. The van der Waals surface area contributed by atoms with Crippen molar-refractivity contribution >= 4 is 6.09 Å². The Labute approximate surface area is 195 Å². The molecule has 2 aliphatic rings. The average Bonchev–Trinajstić information content (AvgIpc) is 3.50. The lowest BCUT2D eigenvalue weighted by atomic mass is 10.1. The molecular weight excluding hydrogens is 469 g/mol. The third kappa shape index (κ3) is 3.47.